The Bertz CT molecular complexity index is 649. The molecule has 0 aromatic heterocycles. The predicted molar refractivity (Wildman–Crippen MR) is 86.7 cm³/mol. The van der Waals surface area contributed by atoms with Crippen LogP contribution >= 0.6 is 0 Å². The average molecular weight is 321 g/mol. The van der Waals surface area contributed by atoms with Crippen molar-refractivity contribution in [2.24, 2.45) is 5.92 Å². The van der Waals surface area contributed by atoms with E-state index in [1.165, 1.54) is 6.26 Å². The van der Waals surface area contributed by atoms with Crippen LogP contribution in [0.4, 0.5) is 0 Å². The maximum atomic E-state index is 11.6. The first-order valence-electron chi connectivity index (χ1n) is 7.52. The van der Waals surface area contributed by atoms with E-state index in [2.05, 4.69) is 25.2 Å². The molecule has 1 N–H and O–H groups in total. The molecule has 1 heterocycles. The maximum absolute atomic E-state index is 11.6. The summed E-state index contributed by atoms with van der Waals surface area (Å²) in [5, 5.41) is 12.4. The zero-order valence-electron chi connectivity index (χ0n) is 13.3. The van der Waals surface area contributed by atoms with Gasteiger partial charge in [-0.05, 0) is 37.0 Å². The first kappa shape index (κ1) is 16.9. The molecule has 0 saturated carbocycles. The van der Waals surface area contributed by atoms with Crippen molar-refractivity contribution in [2.45, 2.75) is 32.4 Å². The van der Waals surface area contributed by atoms with Gasteiger partial charge < -0.3 is 5.32 Å². The van der Waals surface area contributed by atoms with E-state index in [4.69, 9.17) is 5.26 Å². The molecule has 0 spiro atoms. The lowest BCUT2D eigenvalue weighted by Crippen LogP contribution is -2.50. The molecule has 5 nitrogen and oxygen atoms in total. The summed E-state index contributed by atoms with van der Waals surface area (Å²) in [6, 6.07) is 10.2. The number of piperidine rings is 1. The van der Waals surface area contributed by atoms with E-state index < -0.39 is 10.0 Å². The molecule has 0 bridgehead atoms. The van der Waals surface area contributed by atoms with Gasteiger partial charge in [0.1, 0.15) is 0 Å². The summed E-state index contributed by atoms with van der Waals surface area (Å²) in [5.41, 5.74) is 1.79. The van der Waals surface area contributed by atoms with Gasteiger partial charge in [-0.25, -0.2) is 12.7 Å². The number of sulfonamides is 1. The van der Waals surface area contributed by atoms with Crippen molar-refractivity contribution >= 4 is 10.0 Å². The van der Waals surface area contributed by atoms with Gasteiger partial charge in [-0.3, -0.25) is 0 Å². The number of nitriles is 1. The maximum Gasteiger partial charge on any atom is 0.211 e. The Morgan fingerprint density at radius 2 is 2.00 bits per heavy atom. The molecular weight excluding hydrogens is 298 g/mol. The minimum atomic E-state index is -3.10. The van der Waals surface area contributed by atoms with Crippen LogP contribution in [0.3, 0.4) is 0 Å². The molecule has 120 valence electrons. The van der Waals surface area contributed by atoms with Crippen LogP contribution in [0.25, 0.3) is 0 Å². The van der Waals surface area contributed by atoms with Crippen molar-refractivity contribution in [3.63, 3.8) is 0 Å². The van der Waals surface area contributed by atoms with Crippen LogP contribution in [0.1, 0.15) is 37.4 Å². The van der Waals surface area contributed by atoms with E-state index in [9.17, 15) is 8.42 Å². The second-order valence-corrected chi connectivity index (χ2v) is 8.10. The Hall–Kier alpha value is -1.42. The third kappa shape index (κ3) is 4.07. The van der Waals surface area contributed by atoms with Crippen LogP contribution in [0.5, 0.6) is 0 Å². The number of benzene rings is 1. The summed E-state index contributed by atoms with van der Waals surface area (Å²) in [6.45, 7) is 5.31. The summed E-state index contributed by atoms with van der Waals surface area (Å²) in [7, 11) is -3.10. The highest BCUT2D eigenvalue weighted by molar-refractivity contribution is 7.88. The minimum Gasteiger partial charge on any atom is -0.307 e. The van der Waals surface area contributed by atoms with E-state index >= 15 is 0 Å². The molecule has 6 heteroatoms. The number of hydrogen-bond acceptors (Lipinski definition) is 4. The van der Waals surface area contributed by atoms with E-state index in [1.807, 2.05) is 24.3 Å². The van der Waals surface area contributed by atoms with Crippen LogP contribution in [0.15, 0.2) is 24.3 Å². The molecule has 1 aliphatic heterocycles. The van der Waals surface area contributed by atoms with Gasteiger partial charge in [-0.2, -0.15) is 5.26 Å². The first-order valence-corrected chi connectivity index (χ1v) is 9.37. The Morgan fingerprint density at radius 3 is 2.50 bits per heavy atom. The van der Waals surface area contributed by atoms with E-state index in [1.54, 1.807) is 4.31 Å². The van der Waals surface area contributed by atoms with Gasteiger partial charge >= 0.3 is 0 Å². The lowest BCUT2D eigenvalue weighted by Gasteiger charge is -2.37. The van der Waals surface area contributed by atoms with Gasteiger partial charge in [0.05, 0.1) is 17.9 Å². The van der Waals surface area contributed by atoms with Crippen LogP contribution < -0.4 is 5.32 Å². The summed E-state index contributed by atoms with van der Waals surface area (Å²) >= 11 is 0. The standard InChI is InChI=1S/C16H23N3O2S/c1-12-11-19(22(3,20)21)9-8-16(12)18-13(2)15-6-4-14(10-17)5-7-15/h4-7,12-13,16,18H,8-9,11H2,1-3H3/t12-,13-,16+/m0/s1. The Morgan fingerprint density at radius 1 is 1.36 bits per heavy atom. The summed E-state index contributed by atoms with van der Waals surface area (Å²) in [4.78, 5) is 0. The molecule has 3 atom stereocenters. The molecule has 1 aliphatic rings. The van der Waals surface area contributed by atoms with Gasteiger partial charge in [0, 0.05) is 25.2 Å². The molecule has 2 rings (SSSR count). The molecule has 1 aromatic rings. The Labute approximate surface area is 133 Å². The minimum absolute atomic E-state index is 0.171. The van der Waals surface area contributed by atoms with Crippen LogP contribution in [0, 0.1) is 17.2 Å². The fourth-order valence-corrected chi connectivity index (χ4v) is 3.86. The fourth-order valence-electron chi connectivity index (χ4n) is 2.92. The fraction of sp³-hybridized carbons (Fsp3) is 0.562. The molecule has 0 amide bonds. The summed E-state index contributed by atoms with van der Waals surface area (Å²) < 4.78 is 24.8. The molecule has 1 fully saturated rings. The van der Waals surface area contributed by atoms with Crippen molar-refractivity contribution in [3.05, 3.63) is 35.4 Å². The number of nitrogens with zero attached hydrogens (tertiary/aromatic N) is 2. The third-order valence-electron chi connectivity index (χ3n) is 4.34. The van der Waals surface area contributed by atoms with E-state index in [0.29, 0.717) is 24.7 Å². The quantitative estimate of drug-likeness (QED) is 0.919. The van der Waals surface area contributed by atoms with Crippen LogP contribution in [-0.4, -0.2) is 38.1 Å². The summed E-state index contributed by atoms with van der Waals surface area (Å²) in [5.74, 6) is 0.268. The number of rotatable bonds is 4. The lowest BCUT2D eigenvalue weighted by molar-refractivity contribution is 0.210. The Balaban J connectivity index is 1.97. The van der Waals surface area contributed by atoms with Crippen LogP contribution in [0.2, 0.25) is 0 Å². The zero-order valence-corrected chi connectivity index (χ0v) is 14.1. The van der Waals surface area contributed by atoms with Crippen molar-refractivity contribution in [3.8, 4) is 6.07 Å². The van der Waals surface area contributed by atoms with Gasteiger partial charge in [0.25, 0.3) is 0 Å². The van der Waals surface area contributed by atoms with Crippen LogP contribution in [-0.2, 0) is 10.0 Å². The lowest BCUT2D eigenvalue weighted by atomic mass is 9.93. The largest absolute Gasteiger partial charge is 0.307 e. The van der Waals surface area contributed by atoms with E-state index in [0.717, 1.165) is 12.0 Å². The third-order valence-corrected chi connectivity index (χ3v) is 5.61. The number of hydrogen-bond donors (Lipinski definition) is 1. The van der Waals surface area contributed by atoms with Gasteiger partial charge in [-0.1, -0.05) is 19.1 Å². The Kier molecular flexibility index (Phi) is 5.22. The van der Waals surface area contributed by atoms with Crippen molar-refractivity contribution < 1.29 is 8.42 Å². The monoisotopic (exact) mass is 321 g/mol. The SMILES string of the molecule is C[C@H](N[C@@H]1CCN(S(C)(=O)=O)C[C@@H]1C)c1ccc(C#N)cc1. The van der Waals surface area contributed by atoms with Crippen molar-refractivity contribution in [2.75, 3.05) is 19.3 Å². The average Bonchev–Trinajstić information content (AvgIpc) is 2.48. The molecular formula is C16H23N3O2S. The summed E-state index contributed by atoms with van der Waals surface area (Å²) in [6.07, 6.45) is 2.09. The molecule has 0 aliphatic carbocycles. The smallest absolute Gasteiger partial charge is 0.211 e. The van der Waals surface area contributed by atoms with Crippen molar-refractivity contribution in [1.29, 1.82) is 5.26 Å². The highest BCUT2D eigenvalue weighted by Gasteiger charge is 2.31. The predicted octanol–water partition coefficient (Wildman–Crippen LogP) is 1.88. The highest BCUT2D eigenvalue weighted by atomic mass is 32.2. The molecule has 1 saturated heterocycles. The molecule has 22 heavy (non-hydrogen) atoms. The first-order chi connectivity index (χ1) is 10.3. The molecule has 0 unspecified atom stereocenters. The second kappa shape index (κ2) is 6.78. The van der Waals surface area contributed by atoms with Gasteiger partial charge in [0.2, 0.25) is 10.0 Å². The topological polar surface area (TPSA) is 73.2 Å². The van der Waals surface area contributed by atoms with Gasteiger partial charge in [0.15, 0.2) is 0 Å². The normalized spacial score (nSPS) is 24.6. The number of nitrogens with one attached hydrogen (secondary N) is 1. The van der Waals surface area contributed by atoms with E-state index in [-0.39, 0.29) is 12.0 Å². The molecule has 0 radical (unpaired) electrons. The second-order valence-electron chi connectivity index (χ2n) is 6.12. The van der Waals surface area contributed by atoms with Crippen molar-refractivity contribution in [1.82, 2.24) is 9.62 Å². The molecule has 1 aromatic carbocycles. The highest BCUT2D eigenvalue weighted by Crippen LogP contribution is 2.22. The zero-order chi connectivity index (χ0) is 16.3. The van der Waals surface area contributed by atoms with Gasteiger partial charge in [-0.15, -0.1) is 0 Å².